The smallest absolute Gasteiger partial charge is 0.328 e. The molecule has 0 aliphatic heterocycles. The highest BCUT2D eigenvalue weighted by atomic mass is 16.4. The van der Waals surface area contributed by atoms with Crippen molar-refractivity contribution in [3.63, 3.8) is 0 Å². The van der Waals surface area contributed by atoms with Gasteiger partial charge in [0.2, 0.25) is 0 Å². The number of hydrogen-bond acceptors (Lipinski definition) is 2. The molecule has 0 spiro atoms. The van der Waals surface area contributed by atoms with Crippen LogP contribution in [0.1, 0.15) is 11.1 Å². The highest BCUT2D eigenvalue weighted by Crippen LogP contribution is 2.08. The molecule has 0 saturated carbocycles. The van der Waals surface area contributed by atoms with E-state index in [-0.39, 0.29) is 5.69 Å². The fourth-order valence-electron chi connectivity index (χ4n) is 1.79. The van der Waals surface area contributed by atoms with Gasteiger partial charge in [0.25, 0.3) is 0 Å². The molecule has 19 heavy (non-hydrogen) atoms. The number of carboxylic acid groups (broad SMARTS) is 1. The summed E-state index contributed by atoms with van der Waals surface area (Å²) in [5, 5.41) is 8.58. The zero-order chi connectivity index (χ0) is 13.8. The van der Waals surface area contributed by atoms with E-state index in [4.69, 9.17) is 5.11 Å². The van der Waals surface area contributed by atoms with Gasteiger partial charge in [-0.05, 0) is 23.3 Å². The summed E-state index contributed by atoms with van der Waals surface area (Å²) >= 11 is 0. The topological polar surface area (TPSA) is 64.2 Å². The van der Waals surface area contributed by atoms with E-state index in [0.29, 0.717) is 6.54 Å². The van der Waals surface area contributed by atoms with Crippen molar-refractivity contribution in [1.29, 1.82) is 0 Å². The van der Waals surface area contributed by atoms with Gasteiger partial charge >= 0.3 is 11.7 Å². The number of aliphatic carboxylic acids is 1. The largest absolute Gasteiger partial charge is 0.478 e. The van der Waals surface area contributed by atoms with E-state index in [1.807, 2.05) is 24.3 Å². The van der Waals surface area contributed by atoms with Gasteiger partial charge in [0.1, 0.15) is 0 Å². The SMILES string of the molecule is Cn1ccn(Cc2cccc(/C=C/C(=O)O)c2)c1=O. The fraction of sp³-hybridized carbons (Fsp3) is 0.143. The molecule has 0 fully saturated rings. The summed E-state index contributed by atoms with van der Waals surface area (Å²) in [4.78, 5) is 22.2. The van der Waals surface area contributed by atoms with Crippen molar-refractivity contribution in [3.05, 3.63) is 64.3 Å². The summed E-state index contributed by atoms with van der Waals surface area (Å²) in [7, 11) is 1.70. The van der Waals surface area contributed by atoms with Crippen molar-refractivity contribution in [2.75, 3.05) is 0 Å². The van der Waals surface area contributed by atoms with Crippen molar-refractivity contribution in [2.45, 2.75) is 6.54 Å². The summed E-state index contributed by atoms with van der Waals surface area (Å²) in [5.74, 6) is -0.982. The van der Waals surface area contributed by atoms with Gasteiger partial charge in [-0.1, -0.05) is 18.2 Å². The van der Waals surface area contributed by atoms with Crippen LogP contribution in [-0.2, 0) is 18.4 Å². The number of imidazole rings is 1. The third kappa shape index (κ3) is 3.22. The standard InChI is InChI=1S/C14H14N2O3/c1-15-7-8-16(14(15)19)10-12-4-2-3-11(9-12)5-6-13(17)18/h2-9H,10H2,1H3,(H,17,18)/b6-5+. The molecule has 0 radical (unpaired) electrons. The Morgan fingerprint density at radius 3 is 2.79 bits per heavy atom. The Morgan fingerprint density at radius 1 is 1.37 bits per heavy atom. The Labute approximate surface area is 110 Å². The molecule has 0 aliphatic carbocycles. The first-order valence-corrected chi connectivity index (χ1v) is 5.78. The lowest BCUT2D eigenvalue weighted by Gasteiger charge is -2.03. The van der Waals surface area contributed by atoms with Gasteiger partial charge in [0.15, 0.2) is 0 Å². The molecule has 5 nitrogen and oxygen atoms in total. The maximum atomic E-state index is 11.7. The molecule has 1 aromatic carbocycles. The van der Waals surface area contributed by atoms with E-state index in [2.05, 4.69) is 0 Å². The number of aryl methyl sites for hydroxylation is 1. The summed E-state index contributed by atoms with van der Waals surface area (Å²) in [6.45, 7) is 0.467. The maximum absolute atomic E-state index is 11.7. The molecule has 1 heterocycles. The quantitative estimate of drug-likeness (QED) is 0.841. The van der Waals surface area contributed by atoms with Crippen molar-refractivity contribution in [2.24, 2.45) is 7.05 Å². The number of nitrogens with zero attached hydrogens (tertiary/aromatic N) is 2. The monoisotopic (exact) mass is 258 g/mol. The lowest BCUT2D eigenvalue weighted by Crippen LogP contribution is -2.22. The maximum Gasteiger partial charge on any atom is 0.328 e. The van der Waals surface area contributed by atoms with E-state index in [0.717, 1.165) is 17.2 Å². The molecule has 0 amide bonds. The minimum absolute atomic E-state index is 0.0773. The van der Waals surface area contributed by atoms with Gasteiger partial charge in [0, 0.05) is 25.5 Å². The van der Waals surface area contributed by atoms with Gasteiger partial charge in [-0.25, -0.2) is 9.59 Å². The van der Waals surface area contributed by atoms with Gasteiger partial charge in [-0.2, -0.15) is 0 Å². The minimum atomic E-state index is -0.982. The Morgan fingerprint density at radius 2 is 2.16 bits per heavy atom. The summed E-state index contributed by atoms with van der Waals surface area (Å²) in [6.07, 6.45) is 6.05. The van der Waals surface area contributed by atoms with Crippen molar-refractivity contribution >= 4 is 12.0 Å². The lowest BCUT2D eigenvalue weighted by atomic mass is 10.1. The number of carboxylic acids is 1. The molecule has 0 aliphatic rings. The lowest BCUT2D eigenvalue weighted by molar-refractivity contribution is -0.131. The molecule has 98 valence electrons. The number of aromatic nitrogens is 2. The van der Waals surface area contributed by atoms with E-state index in [9.17, 15) is 9.59 Å². The third-order valence-corrected chi connectivity index (χ3v) is 2.74. The van der Waals surface area contributed by atoms with E-state index < -0.39 is 5.97 Å². The molecule has 2 aromatic rings. The van der Waals surface area contributed by atoms with E-state index >= 15 is 0 Å². The number of rotatable bonds is 4. The second-order valence-corrected chi connectivity index (χ2v) is 4.24. The predicted octanol–water partition coefficient (Wildman–Crippen LogP) is 1.33. The predicted molar refractivity (Wildman–Crippen MR) is 71.9 cm³/mol. The van der Waals surface area contributed by atoms with Gasteiger partial charge in [0.05, 0.1) is 6.54 Å². The Hall–Kier alpha value is -2.56. The van der Waals surface area contributed by atoms with Crippen LogP contribution in [0.25, 0.3) is 6.08 Å². The molecule has 1 aromatic heterocycles. The molecule has 0 atom stereocenters. The zero-order valence-electron chi connectivity index (χ0n) is 10.5. The van der Waals surface area contributed by atoms with Crippen LogP contribution in [0.2, 0.25) is 0 Å². The van der Waals surface area contributed by atoms with Crippen LogP contribution in [0.15, 0.2) is 47.5 Å². The molecule has 0 saturated heterocycles. The van der Waals surface area contributed by atoms with Gasteiger partial charge in [-0.15, -0.1) is 0 Å². The first kappa shape index (κ1) is 12.9. The van der Waals surface area contributed by atoms with Crippen LogP contribution in [0, 0.1) is 0 Å². The minimum Gasteiger partial charge on any atom is -0.478 e. The van der Waals surface area contributed by atoms with Gasteiger partial charge in [-0.3, -0.25) is 4.57 Å². The molecular formula is C14H14N2O3. The molecule has 2 rings (SSSR count). The number of carbonyl (C=O) groups is 1. The summed E-state index contributed by atoms with van der Waals surface area (Å²) in [6, 6.07) is 7.41. The highest BCUT2D eigenvalue weighted by molar-refractivity contribution is 5.85. The first-order chi connectivity index (χ1) is 9.06. The Kier molecular flexibility index (Phi) is 3.66. The molecule has 0 bridgehead atoms. The second-order valence-electron chi connectivity index (χ2n) is 4.24. The fourth-order valence-corrected chi connectivity index (χ4v) is 1.79. The van der Waals surface area contributed by atoms with Gasteiger partial charge < -0.3 is 9.67 Å². The third-order valence-electron chi connectivity index (χ3n) is 2.74. The van der Waals surface area contributed by atoms with E-state index in [1.54, 1.807) is 24.0 Å². The highest BCUT2D eigenvalue weighted by Gasteiger charge is 2.01. The van der Waals surface area contributed by atoms with Crippen LogP contribution >= 0.6 is 0 Å². The molecule has 0 unspecified atom stereocenters. The molecular weight excluding hydrogens is 244 g/mol. The summed E-state index contributed by atoms with van der Waals surface area (Å²) in [5.41, 5.74) is 1.66. The number of benzene rings is 1. The van der Waals surface area contributed by atoms with E-state index in [1.165, 1.54) is 10.6 Å². The normalized spacial score (nSPS) is 11.0. The van der Waals surface area contributed by atoms with Crippen LogP contribution in [-0.4, -0.2) is 20.2 Å². The van der Waals surface area contributed by atoms with Crippen LogP contribution < -0.4 is 5.69 Å². The van der Waals surface area contributed by atoms with Crippen molar-refractivity contribution < 1.29 is 9.90 Å². The zero-order valence-corrected chi connectivity index (χ0v) is 10.5. The van der Waals surface area contributed by atoms with Crippen molar-refractivity contribution in [1.82, 2.24) is 9.13 Å². The Balaban J connectivity index is 2.22. The molecule has 5 heteroatoms. The summed E-state index contributed by atoms with van der Waals surface area (Å²) < 4.78 is 3.11. The second kappa shape index (κ2) is 5.39. The first-order valence-electron chi connectivity index (χ1n) is 5.78. The average Bonchev–Trinajstić information content (AvgIpc) is 2.69. The Bertz CT molecular complexity index is 680. The average molecular weight is 258 g/mol. The van der Waals surface area contributed by atoms with Crippen LogP contribution in [0.4, 0.5) is 0 Å². The van der Waals surface area contributed by atoms with Crippen LogP contribution in [0.5, 0.6) is 0 Å². The number of hydrogen-bond donors (Lipinski definition) is 1. The molecule has 1 N–H and O–H groups in total. The van der Waals surface area contributed by atoms with Crippen LogP contribution in [0.3, 0.4) is 0 Å². The van der Waals surface area contributed by atoms with Crippen molar-refractivity contribution in [3.8, 4) is 0 Å².